The fraction of sp³-hybridized carbons (Fsp3) is 0.429. The van der Waals surface area contributed by atoms with Crippen LogP contribution >= 0.6 is 0 Å². The van der Waals surface area contributed by atoms with Gasteiger partial charge in [0.15, 0.2) is 17.3 Å². The number of aromatic hydroxyl groups is 1. The van der Waals surface area contributed by atoms with Crippen LogP contribution in [0.1, 0.15) is 28.9 Å². The number of ether oxygens (including phenoxy) is 1. The molecule has 1 N–H and O–H groups in total. The highest BCUT2D eigenvalue weighted by Crippen LogP contribution is 2.40. The first kappa shape index (κ1) is 17.9. The predicted molar refractivity (Wildman–Crippen MR) is 98.4 cm³/mol. The van der Waals surface area contributed by atoms with Gasteiger partial charge in [-0.1, -0.05) is 12.1 Å². The molecule has 1 aromatic carbocycles. The number of likely N-dealkylation sites (tertiary alicyclic amines) is 1. The van der Waals surface area contributed by atoms with Crippen molar-refractivity contribution in [1.29, 1.82) is 0 Å². The molecule has 1 aliphatic carbocycles. The molecule has 27 heavy (non-hydrogen) atoms. The fourth-order valence-electron chi connectivity index (χ4n) is 4.29. The number of rotatable bonds is 5. The number of hydrogen-bond acceptors (Lipinski definition) is 5. The lowest BCUT2D eigenvalue weighted by Crippen LogP contribution is -2.30. The Morgan fingerprint density at radius 2 is 2.00 bits per heavy atom. The number of Topliss-reactive ketones (excluding diaryl/α,β-unsaturated/α-hetero) is 1. The van der Waals surface area contributed by atoms with Crippen LogP contribution in [0.4, 0.5) is 4.39 Å². The van der Waals surface area contributed by atoms with Crippen molar-refractivity contribution >= 4 is 5.78 Å². The molecule has 2 atom stereocenters. The van der Waals surface area contributed by atoms with Crippen LogP contribution < -0.4 is 4.74 Å². The van der Waals surface area contributed by atoms with Gasteiger partial charge in [0.25, 0.3) is 0 Å². The van der Waals surface area contributed by atoms with Gasteiger partial charge in [-0.25, -0.2) is 9.37 Å². The summed E-state index contributed by atoms with van der Waals surface area (Å²) < 4.78 is 20.1. The van der Waals surface area contributed by atoms with E-state index in [0.29, 0.717) is 35.4 Å². The Kier molecular flexibility index (Phi) is 4.83. The first-order chi connectivity index (χ1) is 13.0. The summed E-state index contributed by atoms with van der Waals surface area (Å²) in [6.45, 7) is 3.78. The second-order valence-electron chi connectivity index (χ2n) is 7.64. The highest BCUT2D eigenvalue weighted by Gasteiger charge is 2.42. The largest absolute Gasteiger partial charge is 0.506 e. The summed E-state index contributed by atoms with van der Waals surface area (Å²) >= 11 is 0. The third kappa shape index (κ3) is 3.81. The van der Waals surface area contributed by atoms with Gasteiger partial charge in [0.05, 0.1) is 18.8 Å². The maximum absolute atomic E-state index is 14.1. The minimum atomic E-state index is -0.275. The zero-order valence-corrected chi connectivity index (χ0v) is 15.3. The molecule has 2 aliphatic rings. The van der Waals surface area contributed by atoms with Crippen molar-refractivity contribution in [3.63, 3.8) is 0 Å². The highest BCUT2D eigenvalue weighted by atomic mass is 19.1. The third-order valence-electron chi connectivity index (χ3n) is 5.63. The van der Waals surface area contributed by atoms with E-state index >= 15 is 0 Å². The van der Waals surface area contributed by atoms with Crippen LogP contribution in [0, 0.1) is 24.6 Å². The van der Waals surface area contributed by atoms with Crippen LogP contribution in [-0.4, -0.2) is 46.5 Å². The number of fused-ring (bicyclic) bond motifs is 1. The van der Waals surface area contributed by atoms with E-state index in [-0.39, 0.29) is 23.5 Å². The maximum atomic E-state index is 14.1. The molecular weight excluding hydrogens is 347 g/mol. The van der Waals surface area contributed by atoms with Crippen LogP contribution in [0.2, 0.25) is 0 Å². The highest BCUT2D eigenvalue weighted by molar-refractivity contribution is 5.95. The predicted octanol–water partition coefficient (Wildman–Crippen LogP) is 3.21. The summed E-state index contributed by atoms with van der Waals surface area (Å²) in [4.78, 5) is 18.5. The standard InChI is InChI=1S/C21H23FN2O3/c1-13-3-2-4-20(21(13)22)27-17-7-14-10-24(11-15(14)8-17)12-19(26)18-6-5-16(25)9-23-18/h2-6,9,14-15,17,25H,7-8,10-12H2,1H3. The Morgan fingerprint density at radius 1 is 1.26 bits per heavy atom. The zero-order chi connectivity index (χ0) is 19.0. The monoisotopic (exact) mass is 370 g/mol. The lowest BCUT2D eigenvalue weighted by Gasteiger charge is -2.19. The minimum absolute atomic E-state index is 0.0351. The molecule has 6 heteroatoms. The van der Waals surface area contributed by atoms with Crippen LogP contribution in [0.15, 0.2) is 36.5 Å². The Hall–Kier alpha value is -2.47. The molecule has 0 spiro atoms. The zero-order valence-electron chi connectivity index (χ0n) is 15.3. The molecule has 0 bridgehead atoms. The number of aromatic nitrogens is 1. The smallest absolute Gasteiger partial charge is 0.195 e. The van der Waals surface area contributed by atoms with E-state index in [9.17, 15) is 14.3 Å². The molecule has 1 saturated carbocycles. The molecule has 4 rings (SSSR count). The Morgan fingerprint density at radius 3 is 2.67 bits per heavy atom. The van der Waals surface area contributed by atoms with E-state index in [4.69, 9.17) is 4.74 Å². The summed E-state index contributed by atoms with van der Waals surface area (Å²) in [6.07, 6.45) is 3.10. The summed E-state index contributed by atoms with van der Waals surface area (Å²) in [5.74, 6) is 1.03. The van der Waals surface area contributed by atoms with E-state index < -0.39 is 0 Å². The number of nitrogens with zero attached hydrogens (tertiary/aromatic N) is 2. The Balaban J connectivity index is 1.31. The molecule has 1 aromatic heterocycles. The normalized spacial score (nSPS) is 24.7. The SMILES string of the molecule is Cc1cccc(OC2CC3CN(CC(=O)c4ccc(O)cn4)CC3C2)c1F. The molecule has 2 heterocycles. The average Bonchev–Trinajstić information content (AvgIpc) is 3.17. The molecule has 2 fully saturated rings. The number of aryl methyl sites for hydroxylation is 1. The Labute approximate surface area is 157 Å². The molecule has 2 aromatic rings. The second-order valence-corrected chi connectivity index (χ2v) is 7.64. The summed E-state index contributed by atoms with van der Waals surface area (Å²) in [5.41, 5.74) is 0.971. The van der Waals surface area contributed by atoms with Crippen LogP contribution in [-0.2, 0) is 0 Å². The van der Waals surface area contributed by atoms with E-state index in [1.165, 1.54) is 12.3 Å². The van der Waals surface area contributed by atoms with E-state index in [1.54, 1.807) is 25.1 Å². The van der Waals surface area contributed by atoms with Gasteiger partial charge in [-0.15, -0.1) is 0 Å². The topological polar surface area (TPSA) is 62.7 Å². The molecule has 0 amide bonds. The van der Waals surface area contributed by atoms with Crippen molar-refractivity contribution in [3.05, 3.63) is 53.6 Å². The van der Waals surface area contributed by atoms with Crippen LogP contribution in [0.25, 0.3) is 0 Å². The molecule has 5 nitrogen and oxygen atoms in total. The molecule has 1 saturated heterocycles. The number of halogens is 1. The van der Waals surface area contributed by atoms with E-state index in [0.717, 1.165) is 25.9 Å². The average molecular weight is 370 g/mol. The first-order valence-corrected chi connectivity index (χ1v) is 9.32. The van der Waals surface area contributed by atoms with Gasteiger partial charge < -0.3 is 9.84 Å². The quantitative estimate of drug-likeness (QED) is 0.819. The Bertz CT molecular complexity index is 826. The number of hydrogen-bond donors (Lipinski definition) is 1. The number of ketones is 1. The van der Waals surface area contributed by atoms with Crippen LogP contribution in [0.3, 0.4) is 0 Å². The van der Waals surface area contributed by atoms with Crippen molar-refractivity contribution in [2.24, 2.45) is 11.8 Å². The number of pyridine rings is 1. The van der Waals surface area contributed by atoms with E-state index in [1.807, 2.05) is 6.07 Å². The lowest BCUT2D eigenvalue weighted by atomic mass is 10.0. The molecule has 2 unspecified atom stereocenters. The third-order valence-corrected chi connectivity index (χ3v) is 5.63. The van der Waals surface area contributed by atoms with Crippen LogP contribution in [0.5, 0.6) is 11.5 Å². The van der Waals surface area contributed by atoms with Crippen molar-refractivity contribution in [2.45, 2.75) is 25.9 Å². The van der Waals surface area contributed by atoms with Gasteiger partial charge in [-0.2, -0.15) is 0 Å². The minimum Gasteiger partial charge on any atom is -0.506 e. The van der Waals surface area contributed by atoms with Crippen molar-refractivity contribution in [1.82, 2.24) is 9.88 Å². The lowest BCUT2D eigenvalue weighted by molar-refractivity contribution is 0.0931. The summed E-state index contributed by atoms with van der Waals surface area (Å²) in [5, 5.41) is 9.27. The van der Waals surface area contributed by atoms with Gasteiger partial charge in [-0.3, -0.25) is 9.69 Å². The van der Waals surface area contributed by atoms with Crippen molar-refractivity contribution in [2.75, 3.05) is 19.6 Å². The van der Waals surface area contributed by atoms with Gasteiger partial charge >= 0.3 is 0 Å². The fourth-order valence-corrected chi connectivity index (χ4v) is 4.29. The van der Waals surface area contributed by atoms with Gasteiger partial charge in [-0.05, 0) is 55.4 Å². The number of carbonyl (C=O) groups is 1. The molecule has 142 valence electrons. The van der Waals surface area contributed by atoms with E-state index in [2.05, 4.69) is 9.88 Å². The van der Waals surface area contributed by atoms with Crippen molar-refractivity contribution < 1.29 is 19.0 Å². The summed E-state index contributed by atoms with van der Waals surface area (Å²) in [6, 6.07) is 8.27. The molecule has 1 aliphatic heterocycles. The first-order valence-electron chi connectivity index (χ1n) is 9.32. The van der Waals surface area contributed by atoms with Gasteiger partial charge in [0, 0.05) is 13.1 Å². The van der Waals surface area contributed by atoms with Gasteiger partial charge in [0.2, 0.25) is 0 Å². The van der Waals surface area contributed by atoms with Gasteiger partial charge in [0.1, 0.15) is 11.4 Å². The molecule has 0 radical (unpaired) electrons. The molecular formula is C21H23FN2O3. The van der Waals surface area contributed by atoms with Crippen molar-refractivity contribution in [3.8, 4) is 11.5 Å². The number of carbonyl (C=O) groups excluding carboxylic acids is 1. The maximum Gasteiger partial charge on any atom is 0.195 e. The second kappa shape index (κ2) is 7.27. The summed E-state index contributed by atoms with van der Waals surface area (Å²) in [7, 11) is 0. The number of benzene rings is 1.